The van der Waals surface area contributed by atoms with Crippen molar-refractivity contribution >= 4 is 11.8 Å². The Morgan fingerprint density at radius 1 is 1.25 bits per heavy atom. The van der Waals surface area contributed by atoms with E-state index >= 15 is 0 Å². The summed E-state index contributed by atoms with van der Waals surface area (Å²) in [6.07, 6.45) is -3.83. The number of rotatable bonds is 9. The molecule has 2 aromatic rings. The lowest BCUT2D eigenvalue weighted by molar-refractivity contribution is -0.173. The highest BCUT2D eigenvalue weighted by Crippen LogP contribution is 2.19. The number of hydrogen-bond acceptors (Lipinski definition) is 6. The lowest BCUT2D eigenvalue weighted by Gasteiger charge is -2.06. The van der Waals surface area contributed by atoms with Crippen LogP contribution in [0.25, 0.3) is 0 Å². The number of aryl methyl sites for hydroxylation is 1. The van der Waals surface area contributed by atoms with Gasteiger partial charge in [0.05, 0.1) is 0 Å². The maximum Gasteiger partial charge on any atom is 0.411 e. The molecular weight excluding hydrogens is 345 g/mol. The molecule has 1 aromatic heterocycles. The molecule has 0 saturated heterocycles. The summed E-state index contributed by atoms with van der Waals surface area (Å²) in [5, 5.41) is 8.06. The summed E-state index contributed by atoms with van der Waals surface area (Å²) in [7, 11) is 0. The van der Waals surface area contributed by atoms with E-state index in [1.54, 1.807) is 0 Å². The second-order valence-corrected chi connectivity index (χ2v) is 5.98. The minimum atomic E-state index is -4.29. The summed E-state index contributed by atoms with van der Waals surface area (Å²) in [5.41, 5.74) is 1.09. The summed E-state index contributed by atoms with van der Waals surface area (Å²) in [6.45, 7) is 0.932. The molecule has 0 bridgehead atoms. The van der Waals surface area contributed by atoms with Crippen LogP contribution in [-0.2, 0) is 11.3 Å². The summed E-state index contributed by atoms with van der Waals surface area (Å²) in [6, 6.07) is 7.58. The highest BCUT2D eigenvalue weighted by Gasteiger charge is 2.27. The van der Waals surface area contributed by atoms with Crippen LogP contribution in [0.4, 0.5) is 13.2 Å². The number of aromatic nitrogens is 2. The lowest BCUT2D eigenvalue weighted by atomic mass is 10.2. The molecule has 5 nitrogen and oxygen atoms in total. The fraction of sp³-hybridized carbons (Fsp3) is 0.467. The standard InChI is InChI=1S/C15H17F3N2O3S/c1-11-4-2-5-12(8-11)22-9-13-19-20-14(23-13)24-7-3-6-21-10-15(16,17)18/h2,4-5,8H,3,6-7,9-10H2,1H3. The topological polar surface area (TPSA) is 57.4 Å². The number of hydrogen-bond donors (Lipinski definition) is 0. The Hall–Kier alpha value is -1.74. The van der Waals surface area contributed by atoms with Gasteiger partial charge in [-0.25, -0.2) is 0 Å². The van der Waals surface area contributed by atoms with Gasteiger partial charge < -0.3 is 13.9 Å². The number of ether oxygens (including phenoxy) is 2. The molecular formula is C15H17F3N2O3S. The molecule has 0 amide bonds. The number of thioether (sulfide) groups is 1. The maximum atomic E-state index is 11.9. The van der Waals surface area contributed by atoms with Crippen molar-refractivity contribution < 1.29 is 27.1 Å². The van der Waals surface area contributed by atoms with Gasteiger partial charge in [0.2, 0.25) is 0 Å². The van der Waals surface area contributed by atoms with Crippen molar-refractivity contribution in [3.8, 4) is 5.75 Å². The molecule has 132 valence electrons. The van der Waals surface area contributed by atoms with Gasteiger partial charge in [-0.15, -0.1) is 10.2 Å². The molecule has 0 unspecified atom stereocenters. The molecule has 0 aliphatic heterocycles. The van der Waals surface area contributed by atoms with Crippen LogP contribution >= 0.6 is 11.8 Å². The number of halogens is 3. The normalized spacial score (nSPS) is 11.7. The summed E-state index contributed by atoms with van der Waals surface area (Å²) in [4.78, 5) is 0. The van der Waals surface area contributed by atoms with Crippen molar-refractivity contribution in [3.63, 3.8) is 0 Å². The molecule has 24 heavy (non-hydrogen) atoms. The molecule has 0 saturated carbocycles. The van der Waals surface area contributed by atoms with Gasteiger partial charge in [0, 0.05) is 12.4 Å². The average Bonchev–Trinajstić information content (AvgIpc) is 2.96. The SMILES string of the molecule is Cc1cccc(OCc2nnc(SCCCOCC(F)(F)F)o2)c1. The van der Waals surface area contributed by atoms with E-state index in [-0.39, 0.29) is 13.2 Å². The first-order valence-corrected chi connectivity index (χ1v) is 8.20. The van der Waals surface area contributed by atoms with E-state index in [0.29, 0.717) is 29.0 Å². The van der Waals surface area contributed by atoms with E-state index in [0.717, 1.165) is 5.56 Å². The molecule has 0 fully saturated rings. The zero-order valence-corrected chi connectivity index (χ0v) is 13.8. The lowest BCUT2D eigenvalue weighted by Crippen LogP contribution is -2.17. The fourth-order valence-corrected chi connectivity index (χ4v) is 2.40. The van der Waals surface area contributed by atoms with Crippen molar-refractivity contribution in [2.24, 2.45) is 0 Å². The van der Waals surface area contributed by atoms with Crippen molar-refractivity contribution in [1.29, 1.82) is 0 Å². The average molecular weight is 362 g/mol. The Morgan fingerprint density at radius 3 is 2.83 bits per heavy atom. The van der Waals surface area contributed by atoms with Gasteiger partial charge in [-0.05, 0) is 31.0 Å². The van der Waals surface area contributed by atoms with Crippen LogP contribution in [0.3, 0.4) is 0 Å². The summed E-state index contributed by atoms with van der Waals surface area (Å²) in [5.74, 6) is 1.58. The Balaban J connectivity index is 1.64. The Bertz CT molecular complexity index is 634. The molecule has 1 heterocycles. The molecule has 2 rings (SSSR count). The van der Waals surface area contributed by atoms with Crippen LogP contribution in [0.2, 0.25) is 0 Å². The van der Waals surface area contributed by atoms with Crippen LogP contribution in [0, 0.1) is 6.92 Å². The van der Waals surface area contributed by atoms with Gasteiger partial charge in [-0.2, -0.15) is 13.2 Å². The molecule has 0 spiro atoms. The number of nitrogens with zero attached hydrogens (tertiary/aromatic N) is 2. The second-order valence-electron chi connectivity index (χ2n) is 4.94. The minimum Gasteiger partial charge on any atom is -0.484 e. The van der Waals surface area contributed by atoms with Crippen molar-refractivity contribution in [2.45, 2.75) is 31.4 Å². The van der Waals surface area contributed by atoms with Crippen LogP contribution in [0.5, 0.6) is 5.75 Å². The van der Waals surface area contributed by atoms with Crippen molar-refractivity contribution in [3.05, 3.63) is 35.7 Å². The first kappa shape index (κ1) is 18.6. The minimum absolute atomic E-state index is 0.0317. The summed E-state index contributed by atoms with van der Waals surface area (Å²) >= 11 is 1.27. The van der Waals surface area contributed by atoms with Gasteiger partial charge in [-0.1, -0.05) is 23.9 Å². The van der Waals surface area contributed by atoms with E-state index in [9.17, 15) is 13.2 Å². The van der Waals surface area contributed by atoms with E-state index in [4.69, 9.17) is 9.15 Å². The Kier molecular flexibility index (Phi) is 6.92. The predicted octanol–water partition coefficient (Wildman–Crippen LogP) is 4.02. The molecule has 0 aliphatic rings. The van der Waals surface area contributed by atoms with Crippen LogP contribution in [0.1, 0.15) is 17.9 Å². The van der Waals surface area contributed by atoms with E-state index in [2.05, 4.69) is 14.9 Å². The zero-order chi connectivity index (χ0) is 17.4. The van der Waals surface area contributed by atoms with Crippen molar-refractivity contribution in [2.75, 3.05) is 19.0 Å². The van der Waals surface area contributed by atoms with Gasteiger partial charge in [-0.3, -0.25) is 0 Å². The molecule has 0 radical (unpaired) electrons. The molecule has 1 aromatic carbocycles. The third-order valence-electron chi connectivity index (χ3n) is 2.72. The van der Waals surface area contributed by atoms with Gasteiger partial charge in [0.1, 0.15) is 12.4 Å². The summed E-state index contributed by atoms with van der Waals surface area (Å²) < 4.78 is 51.1. The molecule has 9 heteroatoms. The van der Waals surface area contributed by atoms with Gasteiger partial charge in [0.15, 0.2) is 6.61 Å². The molecule has 0 N–H and O–H groups in total. The van der Waals surface area contributed by atoms with Crippen LogP contribution < -0.4 is 4.74 Å². The highest BCUT2D eigenvalue weighted by atomic mass is 32.2. The number of benzene rings is 1. The maximum absolute atomic E-state index is 11.9. The first-order chi connectivity index (χ1) is 11.4. The van der Waals surface area contributed by atoms with E-state index in [1.165, 1.54) is 11.8 Å². The molecule has 0 atom stereocenters. The zero-order valence-electron chi connectivity index (χ0n) is 13.0. The second kappa shape index (κ2) is 8.93. The molecule has 0 aliphatic carbocycles. The Morgan fingerprint density at radius 2 is 2.08 bits per heavy atom. The van der Waals surface area contributed by atoms with Crippen molar-refractivity contribution in [1.82, 2.24) is 10.2 Å². The quantitative estimate of drug-likeness (QED) is 0.496. The largest absolute Gasteiger partial charge is 0.484 e. The fourth-order valence-electron chi connectivity index (χ4n) is 1.71. The van der Waals surface area contributed by atoms with Crippen LogP contribution in [-0.4, -0.2) is 35.3 Å². The van der Waals surface area contributed by atoms with E-state index in [1.807, 2.05) is 31.2 Å². The smallest absolute Gasteiger partial charge is 0.411 e. The monoisotopic (exact) mass is 362 g/mol. The number of alkyl halides is 3. The predicted molar refractivity (Wildman–Crippen MR) is 82.0 cm³/mol. The third-order valence-corrected chi connectivity index (χ3v) is 3.63. The van der Waals surface area contributed by atoms with Gasteiger partial charge in [0.25, 0.3) is 11.1 Å². The highest BCUT2D eigenvalue weighted by molar-refractivity contribution is 7.99. The first-order valence-electron chi connectivity index (χ1n) is 7.21. The van der Waals surface area contributed by atoms with E-state index < -0.39 is 12.8 Å². The van der Waals surface area contributed by atoms with Gasteiger partial charge >= 0.3 is 6.18 Å². The third kappa shape index (κ3) is 7.22. The Labute approximate surface area is 141 Å². The van der Waals surface area contributed by atoms with Crippen LogP contribution in [0.15, 0.2) is 33.9 Å².